The first-order chi connectivity index (χ1) is 36.0. The molecule has 6 nitrogen and oxygen atoms in total. The Labute approximate surface area is 450 Å². The van der Waals surface area contributed by atoms with Gasteiger partial charge in [-0.1, -0.05) is 259 Å². The molecule has 0 heterocycles. The third-order valence-electron chi connectivity index (χ3n) is 12.8. The summed E-state index contributed by atoms with van der Waals surface area (Å²) in [5.74, 6) is -0.905. The predicted molar refractivity (Wildman–Crippen MR) is 316 cm³/mol. The minimum Gasteiger partial charge on any atom is -0.462 e. The Morgan fingerprint density at radius 1 is 0.288 bits per heavy atom. The summed E-state index contributed by atoms with van der Waals surface area (Å²) in [6.07, 6.45) is 82.6. The first-order valence-electron chi connectivity index (χ1n) is 30.4. The average Bonchev–Trinajstić information content (AvgIpc) is 3.39. The van der Waals surface area contributed by atoms with Crippen molar-refractivity contribution in [3.05, 3.63) is 109 Å². The fourth-order valence-corrected chi connectivity index (χ4v) is 8.22. The fraction of sp³-hybridized carbons (Fsp3) is 0.687. The molecule has 0 N–H and O–H groups in total. The van der Waals surface area contributed by atoms with Crippen LogP contribution >= 0.6 is 0 Å². The van der Waals surface area contributed by atoms with Crippen molar-refractivity contribution >= 4 is 17.9 Å². The van der Waals surface area contributed by atoms with E-state index in [2.05, 4.69) is 130 Å². The summed E-state index contributed by atoms with van der Waals surface area (Å²) in [6, 6.07) is 0. The molecule has 0 amide bonds. The van der Waals surface area contributed by atoms with Gasteiger partial charge in [-0.3, -0.25) is 14.4 Å². The topological polar surface area (TPSA) is 78.9 Å². The summed E-state index contributed by atoms with van der Waals surface area (Å²) in [6.45, 7) is 6.45. The van der Waals surface area contributed by atoms with Crippen LogP contribution in [0.1, 0.15) is 278 Å². The Balaban J connectivity index is 4.10. The lowest BCUT2D eigenvalue weighted by Gasteiger charge is -2.18. The van der Waals surface area contributed by atoms with E-state index in [4.69, 9.17) is 14.2 Å². The Bertz CT molecular complexity index is 1490. The zero-order valence-electron chi connectivity index (χ0n) is 47.6. The number of carbonyl (C=O) groups is 3. The van der Waals surface area contributed by atoms with Crippen LogP contribution in [0.2, 0.25) is 0 Å². The summed E-state index contributed by atoms with van der Waals surface area (Å²) in [7, 11) is 0. The minimum atomic E-state index is -0.783. The maximum atomic E-state index is 12.8. The molecule has 0 fully saturated rings. The van der Waals surface area contributed by atoms with Gasteiger partial charge >= 0.3 is 17.9 Å². The molecule has 0 radical (unpaired) electrons. The second-order valence-electron chi connectivity index (χ2n) is 19.9. The normalized spacial score (nSPS) is 12.9. The molecule has 73 heavy (non-hydrogen) atoms. The number of esters is 3. The Kier molecular flexibility index (Phi) is 57.4. The molecule has 0 aromatic rings. The fourth-order valence-electron chi connectivity index (χ4n) is 8.22. The van der Waals surface area contributed by atoms with Crippen LogP contribution in [0.3, 0.4) is 0 Å². The van der Waals surface area contributed by atoms with Crippen LogP contribution in [0.15, 0.2) is 109 Å². The molecule has 0 aromatic carbocycles. The van der Waals surface area contributed by atoms with Gasteiger partial charge in [-0.25, -0.2) is 0 Å². The van der Waals surface area contributed by atoms with Gasteiger partial charge in [0.1, 0.15) is 13.2 Å². The molecule has 0 saturated heterocycles. The predicted octanol–water partition coefficient (Wildman–Crippen LogP) is 20.7. The van der Waals surface area contributed by atoms with Crippen molar-refractivity contribution in [2.45, 2.75) is 284 Å². The number of ether oxygens (including phenoxy) is 3. The van der Waals surface area contributed by atoms with Crippen molar-refractivity contribution in [1.82, 2.24) is 0 Å². The molecule has 0 bridgehead atoms. The molecule has 0 saturated carbocycles. The van der Waals surface area contributed by atoms with Crippen molar-refractivity contribution in [2.75, 3.05) is 13.2 Å². The van der Waals surface area contributed by atoms with Gasteiger partial charge in [0.15, 0.2) is 6.10 Å². The highest BCUT2D eigenvalue weighted by atomic mass is 16.6. The molecular formula is C67H112O6. The zero-order chi connectivity index (χ0) is 52.9. The summed E-state index contributed by atoms with van der Waals surface area (Å²) < 4.78 is 16.8. The first kappa shape index (κ1) is 69.1. The second-order valence-corrected chi connectivity index (χ2v) is 19.9. The summed E-state index contributed by atoms with van der Waals surface area (Å²) in [5.41, 5.74) is 0. The van der Waals surface area contributed by atoms with E-state index in [9.17, 15) is 14.4 Å². The molecule has 1 unspecified atom stereocenters. The van der Waals surface area contributed by atoms with Crippen LogP contribution in [-0.4, -0.2) is 37.2 Å². The summed E-state index contributed by atoms with van der Waals surface area (Å²) >= 11 is 0. The van der Waals surface area contributed by atoms with Gasteiger partial charge in [-0.05, 0) is 109 Å². The number of hydrogen-bond acceptors (Lipinski definition) is 6. The van der Waals surface area contributed by atoms with Gasteiger partial charge in [0, 0.05) is 19.3 Å². The summed E-state index contributed by atoms with van der Waals surface area (Å²) in [5, 5.41) is 0. The van der Waals surface area contributed by atoms with Crippen LogP contribution in [0, 0.1) is 0 Å². The Morgan fingerprint density at radius 2 is 0.534 bits per heavy atom. The van der Waals surface area contributed by atoms with Gasteiger partial charge < -0.3 is 14.2 Å². The Hall–Kier alpha value is -3.93. The van der Waals surface area contributed by atoms with Gasteiger partial charge in [-0.15, -0.1) is 0 Å². The number of rotatable bonds is 54. The van der Waals surface area contributed by atoms with E-state index in [0.717, 1.165) is 128 Å². The molecular weight excluding hydrogens is 901 g/mol. The number of hydrogen-bond donors (Lipinski definition) is 0. The van der Waals surface area contributed by atoms with E-state index in [0.29, 0.717) is 19.3 Å². The maximum absolute atomic E-state index is 12.8. The maximum Gasteiger partial charge on any atom is 0.306 e. The number of allylic oxidation sites excluding steroid dienone is 18. The van der Waals surface area contributed by atoms with E-state index in [1.165, 1.54) is 109 Å². The molecule has 1 atom stereocenters. The summed E-state index contributed by atoms with van der Waals surface area (Å²) in [4.78, 5) is 38.0. The SMILES string of the molecule is CC/C=C\C/C=C\C/C=C\C/C=C\C/C=C\C/C=C\C/C=C\CCCCCCCCCCCCCC(=O)OCC(COC(=O)CCCCCCCCC)OC(=O)CCCCCCC/C=C\C/C=C\CCCCC. The monoisotopic (exact) mass is 1010 g/mol. The van der Waals surface area contributed by atoms with Crippen molar-refractivity contribution in [2.24, 2.45) is 0 Å². The van der Waals surface area contributed by atoms with E-state index in [1.807, 2.05) is 0 Å². The van der Waals surface area contributed by atoms with Crippen molar-refractivity contribution in [3.8, 4) is 0 Å². The first-order valence-corrected chi connectivity index (χ1v) is 30.4. The second kappa shape index (κ2) is 60.6. The van der Waals surface area contributed by atoms with Crippen molar-refractivity contribution in [3.63, 3.8) is 0 Å². The van der Waals surface area contributed by atoms with E-state index < -0.39 is 6.10 Å². The van der Waals surface area contributed by atoms with Crippen molar-refractivity contribution in [1.29, 1.82) is 0 Å². The van der Waals surface area contributed by atoms with Crippen LogP contribution in [-0.2, 0) is 28.6 Å². The van der Waals surface area contributed by atoms with Gasteiger partial charge in [0.25, 0.3) is 0 Å². The molecule has 0 aliphatic rings. The molecule has 0 aromatic heterocycles. The molecule has 0 aliphatic heterocycles. The smallest absolute Gasteiger partial charge is 0.306 e. The van der Waals surface area contributed by atoms with E-state index >= 15 is 0 Å². The molecule has 0 aliphatic carbocycles. The zero-order valence-corrected chi connectivity index (χ0v) is 47.6. The lowest BCUT2D eigenvalue weighted by Crippen LogP contribution is -2.30. The Morgan fingerprint density at radius 3 is 0.863 bits per heavy atom. The van der Waals surface area contributed by atoms with Crippen LogP contribution in [0.25, 0.3) is 0 Å². The molecule has 416 valence electrons. The van der Waals surface area contributed by atoms with Crippen LogP contribution in [0.4, 0.5) is 0 Å². The van der Waals surface area contributed by atoms with Crippen LogP contribution in [0.5, 0.6) is 0 Å². The highest BCUT2D eigenvalue weighted by molar-refractivity contribution is 5.71. The third kappa shape index (κ3) is 58.8. The minimum absolute atomic E-state index is 0.0832. The highest BCUT2D eigenvalue weighted by Gasteiger charge is 2.19. The molecule has 6 heteroatoms. The quantitative estimate of drug-likeness (QED) is 0.0261. The standard InChI is InChI=1S/C67H112O6/c1-4-7-10-13-16-18-20-22-24-25-26-27-28-29-30-31-32-33-34-35-36-37-38-39-40-41-43-44-46-48-51-54-57-60-66(69)72-63-64(62-71-65(68)59-56-53-50-15-12-9-6-3)73-67(70)61-58-55-52-49-47-45-42-23-21-19-17-14-11-8-5-2/h7,10,16-19,22-24,26-27,29-30,32-33,35-36,42,64H,4-6,8-9,11-15,20-21,25,28,31,34,37-41,43-63H2,1-3H3/b10-7-,18-16-,19-17-,24-22-,27-26-,30-29-,33-32-,36-35-,42-23-. The number of carbonyl (C=O) groups excluding carboxylic acids is 3. The highest BCUT2D eigenvalue weighted by Crippen LogP contribution is 2.15. The van der Waals surface area contributed by atoms with Gasteiger partial charge in [-0.2, -0.15) is 0 Å². The average molecular weight is 1010 g/mol. The number of unbranched alkanes of at least 4 members (excludes halogenated alkanes) is 25. The van der Waals surface area contributed by atoms with Crippen molar-refractivity contribution < 1.29 is 28.6 Å². The van der Waals surface area contributed by atoms with Gasteiger partial charge in [0.2, 0.25) is 0 Å². The molecule has 0 spiro atoms. The van der Waals surface area contributed by atoms with Crippen LogP contribution < -0.4 is 0 Å². The van der Waals surface area contributed by atoms with E-state index in [1.54, 1.807) is 0 Å². The van der Waals surface area contributed by atoms with E-state index in [-0.39, 0.29) is 31.1 Å². The third-order valence-corrected chi connectivity index (χ3v) is 12.8. The largest absolute Gasteiger partial charge is 0.462 e. The molecule has 0 rings (SSSR count). The lowest BCUT2D eigenvalue weighted by atomic mass is 10.0. The lowest BCUT2D eigenvalue weighted by molar-refractivity contribution is -0.167. The van der Waals surface area contributed by atoms with Gasteiger partial charge in [0.05, 0.1) is 0 Å².